The summed E-state index contributed by atoms with van der Waals surface area (Å²) in [6, 6.07) is 0. The van der Waals surface area contributed by atoms with Crippen molar-refractivity contribution in [2.24, 2.45) is 16.7 Å². The molecule has 0 aliphatic heterocycles. The second-order valence-corrected chi connectivity index (χ2v) is 5.69. The molecule has 0 fully saturated rings. The van der Waals surface area contributed by atoms with E-state index in [1.807, 2.05) is 0 Å². The van der Waals surface area contributed by atoms with E-state index < -0.39 is 0 Å². The highest BCUT2D eigenvalue weighted by molar-refractivity contribution is 4.82. The third kappa shape index (κ3) is 3.27. The van der Waals surface area contributed by atoms with Crippen molar-refractivity contribution in [3.05, 3.63) is 0 Å². The van der Waals surface area contributed by atoms with Crippen LogP contribution >= 0.6 is 0 Å². The highest BCUT2D eigenvalue weighted by Gasteiger charge is 2.32. The molecule has 0 N–H and O–H groups in total. The predicted molar refractivity (Wildman–Crippen MR) is 52.7 cm³/mol. The van der Waals surface area contributed by atoms with E-state index in [1.165, 1.54) is 6.42 Å². The number of rotatable bonds is 1. The van der Waals surface area contributed by atoms with Gasteiger partial charge in [0.2, 0.25) is 0 Å². The van der Waals surface area contributed by atoms with E-state index in [0.717, 1.165) is 5.92 Å². The van der Waals surface area contributed by atoms with Crippen LogP contribution in [0.1, 0.15) is 54.9 Å². The molecule has 0 spiro atoms. The average Bonchev–Trinajstić information content (AvgIpc) is 1.56. The topological polar surface area (TPSA) is 0 Å². The van der Waals surface area contributed by atoms with Crippen LogP contribution in [-0.2, 0) is 0 Å². The zero-order chi connectivity index (χ0) is 9.28. The summed E-state index contributed by atoms with van der Waals surface area (Å²) in [7, 11) is 0. The standard InChI is InChI=1S/C11H24/c1-8-9(10(2,3)4)11(5,6)7/h9H,8H2,1-7H3. The molecule has 11 heavy (non-hydrogen) atoms. The van der Waals surface area contributed by atoms with Gasteiger partial charge in [-0.3, -0.25) is 0 Å². The second-order valence-electron chi connectivity index (χ2n) is 5.69. The van der Waals surface area contributed by atoms with E-state index in [1.54, 1.807) is 0 Å². The summed E-state index contributed by atoms with van der Waals surface area (Å²) in [6.07, 6.45) is 1.28. The van der Waals surface area contributed by atoms with Crippen LogP contribution in [0.25, 0.3) is 0 Å². The quantitative estimate of drug-likeness (QED) is 0.536. The minimum absolute atomic E-state index is 0.451. The van der Waals surface area contributed by atoms with Gasteiger partial charge >= 0.3 is 0 Å². The average molecular weight is 156 g/mol. The lowest BCUT2D eigenvalue weighted by molar-refractivity contribution is 0.0980. The molecule has 0 nitrogen and oxygen atoms in total. The first kappa shape index (κ1) is 11.0. The Kier molecular flexibility index (Phi) is 3.16. The van der Waals surface area contributed by atoms with Crippen molar-refractivity contribution in [2.75, 3.05) is 0 Å². The SMILES string of the molecule is CCC(C(C)(C)C)C(C)(C)C. The van der Waals surface area contributed by atoms with E-state index in [0.29, 0.717) is 10.8 Å². The summed E-state index contributed by atoms with van der Waals surface area (Å²) in [5.74, 6) is 0.815. The van der Waals surface area contributed by atoms with Crippen LogP contribution in [0.5, 0.6) is 0 Å². The molecule has 0 aliphatic carbocycles. The lowest BCUT2D eigenvalue weighted by Crippen LogP contribution is -2.31. The van der Waals surface area contributed by atoms with Crippen molar-refractivity contribution in [1.29, 1.82) is 0 Å². The van der Waals surface area contributed by atoms with Crippen LogP contribution in [0, 0.1) is 16.7 Å². The molecule has 0 aromatic heterocycles. The predicted octanol–water partition coefficient (Wildman–Crippen LogP) is 4.10. The van der Waals surface area contributed by atoms with E-state index in [4.69, 9.17) is 0 Å². The maximum absolute atomic E-state index is 2.34. The molecule has 0 aromatic rings. The Morgan fingerprint density at radius 3 is 1.09 bits per heavy atom. The third-order valence-corrected chi connectivity index (χ3v) is 2.50. The molecule has 0 aliphatic rings. The van der Waals surface area contributed by atoms with Crippen LogP contribution < -0.4 is 0 Å². The molecule has 0 aromatic carbocycles. The molecular formula is C11H24. The first-order chi connectivity index (χ1) is 4.69. The largest absolute Gasteiger partial charge is 0.0651 e. The second kappa shape index (κ2) is 3.16. The molecule has 0 bridgehead atoms. The maximum Gasteiger partial charge on any atom is -0.0319 e. The van der Waals surface area contributed by atoms with Gasteiger partial charge in [-0.25, -0.2) is 0 Å². The molecule has 0 heteroatoms. The summed E-state index contributed by atoms with van der Waals surface area (Å²) < 4.78 is 0. The molecule has 0 unspecified atom stereocenters. The molecule has 0 saturated carbocycles. The van der Waals surface area contributed by atoms with Gasteiger partial charge in [-0.15, -0.1) is 0 Å². The normalized spacial score (nSPS) is 14.2. The monoisotopic (exact) mass is 156 g/mol. The first-order valence-corrected chi connectivity index (χ1v) is 4.69. The molecule has 0 heterocycles. The van der Waals surface area contributed by atoms with Gasteiger partial charge in [0.1, 0.15) is 0 Å². The summed E-state index contributed by atoms with van der Waals surface area (Å²) >= 11 is 0. The van der Waals surface area contributed by atoms with Gasteiger partial charge in [-0.1, -0.05) is 54.9 Å². The van der Waals surface area contributed by atoms with Gasteiger partial charge in [0.25, 0.3) is 0 Å². The lowest BCUT2D eigenvalue weighted by Gasteiger charge is -2.40. The fourth-order valence-corrected chi connectivity index (χ4v) is 2.52. The Bertz CT molecular complexity index is 95.0. The van der Waals surface area contributed by atoms with E-state index in [9.17, 15) is 0 Å². The van der Waals surface area contributed by atoms with Gasteiger partial charge in [0.15, 0.2) is 0 Å². The smallest absolute Gasteiger partial charge is 0.0319 e. The fourth-order valence-electron chi connectivity index (χ4n) is 2.52. The summed E-state index contributed by atoms with van der Waals surface area (Å²) in [5.41, 5.74) is 0.903. The van der Waals surface area contributed by atoms with Crippen LogP contribution in [0.2, 0.25) is 0 Å². The maximum atomic E-state index is 2.34. The zero-order valence-corrected chi connectivity index (χ0v) is 9.28. The molecule has 0 rings (SSSR count). The van der Waals surface area contributed by atoms with Gasteiger partial charge in [-0.2, -0.15) is 0 Å². The van der Waals surface area contributed by atoms with Crippen molar-refractivity contribution in [3.8, 4) is 0 Å². The summed E-state index contributed by atoms with van der Waals surface area (Å²) in [6.45, 7) is 16.3. The van der Waals surface area contributed by atoms with E-state index in [-0.39, 0.29) is 0 Å². The Hall–Kier alpha value is 0. The Labute approximate surface area is 72.4 Å². The van der Waals surface area contributed by atoms with Gasteiger partial charge in [0, 0.05) is 0 Å². The third-order valence-electron chi connectivity index (χ3n) is 2.50. The number of hydrogen-bond donors (Lipinski definition) is 0. The van der Waals surface area contributed by atoms with Gasteiger partial charge in [0.05, 0.1) is 0 Å². The van der Waals surface area contributed by atoms with Crippen LogP contribution in [-0.4, -0.2) is 0 Å². The Morgan fingerprint density at radius 2 is 1.09 bits per heavy atom. The first-order valence-electron chi connectivity index (χ1n) is 4.69. The van der Waals surface area contributed by atoms with Crippen molar-refractivity contribution < 1.29 is 0 Å². The Balaban J connectivity index is 4.43. The molecule has 68 valence electrons. The van der Waals surface area contributed by atoms with Gasteiger partial charge < -0.3 is 0 Å². The van der Waals surface area contributed by atoms with Crippen molar-refractivity contribution >= 4 is 0 Å². The minimum atomic E-state index is 0.451. The zero-order valence-electron chi connectivity index (χ0n) is 9.28. The van der Waals surface area contributed by atoms with E-state index >= 15 is 0 Å². The summed E-state index contributed by atoms with van der Waals surface area (Å²) in [5, 5.41) is 0. The van der Waals surface area contributed by atoms with Crippen molar-refractivity contribution in [2.45, 2.75) is 54.9 Å². The van der Waals surface area contributed by atoms with Gasteiger partial charge in [-0.05, 0) is 16.7 Å². The molecule has 0 saturated heterocycles. The van der Waals surface area contributed by atoms with Crippen LogP contribution in [0.15, 0.2) is 0 Å². The minimum Gasteiger partial charge on any atom is -0.0651 e. The van der Waals surface area contributed by atoms with Crippen molar-refractivity contribution in [3.63, 3.8) is 0 Å². The molecule has 0 atom stereocenters. The molecular weight excluding hydrogens is 132 g/mol. The lowest BCUT2D eigenvalue weighted by atomic mass is 9.65. The highest BCUT2D eigenvalue weighted by Crippen LogP contribution is 2.41. The van der Waals surface area contributed by atoms with Crippen LogP contribution in [0.3, 0.4) is 0 Å². The molecule has 0 radical (unpaired) electrons. The van der Waals surface area contributed by atoms with Crippen molar-refractivity contribution in [1.82, 2.24) is 0 Å². The fraction of sp³-hybridized carbons (Fsp3) is 1.00. The highest BCUT2D eigenvalue weighted by atomic mass is 14.4. The Morgan fingerprint density at radius 1 is 0.818 bits per heavy atom. The number of hydrogen-bond acceptors (Lipinski definition) is 0. The summed E-state index contributed by atoms with van der Waals surface area (Å²) in [4.78, 5) is 0. The van der Waals surface area contributed by atoms with E-state index in [2.05, 4.69) is 48.5 Å². The van der Waals surface area contributed by atoms with Crippen LogP contribution in [0.4, 0.5) is 0 Å². The molecule has 0 amide bonds.